The van der Waals surface area contributed by atoms with Gasteiger partial charge in [-0.2, -0.15) is 0 Å². The third-order valence-electron chi connectivity index (χ3n) is 4.60. The number of nitrogens with zero attached hydrogens (tertiary/aromatic N) is 2. The fourth-order valence-electron chi connectivity index (χ4n) is 3.38. The van der Waals surface area contributed by atoms with Gasteiger partial charge in [0.1, 0.15) is 0 Å². The summed E-state index contributed by atoms with van der Waals surface area (Å²) < 4.78 is 0. The molecule has 0 aliphatic carbocycles. The second-order valence-electron chi connectivity index (χ2n) is 6.18. The minimum absolute atomic E-state index is 0.365. The summed E-state index contributed by atoms with van der Waals surface area (Å²) in [6, 6.07) is 16.9. The van der Waals surface area contributed by atoms with Crippen molar-refractivity contribution in [3.63, 3.8) is 0 Å². The number of pyridine rings is 1. The molecule has 0 spiro atoms. The SMILES string of the molecule is CC(=N)N1CC[C@@H](Nc2c3ccccc3nc3ccccc23)C1. The third kappa shape index (κ3) is 2.50. The van der Waals surface area contributed by atoms with Crippen molar-refractivity contribution in [2.45, 2.75) is 19.4 Å². The number of amidine groups is 1. The van der Waals surface area contributed by atoms with Gasteiger partial charge >= 0.3 is 0 Å². The molecule has 4 nitrogen and oxygen atoms in total. The molecule has 23 heavy (non-hydrogen) atoms. The van der Waals surface area contributed by atoms with E-state index < -0.39 is 0 Å². The van der Waals surface area contributed by atoms with Crippen LogP contribution < -0.4 is 5.32 Å². The molecule has 0 amide bonds. The van der Waals surface area contributed by atoms with Crippen molar-refractivity contribution in [3.8, 4) is 0 Å². The van der Waals surface area contributed by atoms with Crippen LogP contribution in [0.2, 0.25) is 0 Å². The Morgan fingerprint density at radius 2 is 1.70 bits per heavy atom. The van der Waals surface area contributed by atoms with Crippen LogP contribution in [0.5, 0.6) is 0 Å². The Morgan fingerprint density at radius 1 is 1.09 bits per heavy atom. The highest BCUT2D eigenvalue weighted by atomic mass is 15.2. The van der Waals surface area contributed by atoms with Gasteiger partial charge in [-0.3, -0.25) is 5.41 Å². The average Bonchev–Trinajstić information content (AvgIpc) is 3.03. The van der Waals surface area contributed by atoms with E-state index in [1.54, 1.807) is 0 Å². The van der Waals surface area contributed by atoms with Crippen molar-refractivity contribution in [1.82, 2.24) is 9.88 Å². The fraction of sp³-hybridized carbons (Fsp3) is 0.263. The lowest BCUT2D eigenvalue weighted by Gasteiger charge is -2.19. The number of fused-ring (bicyclic) bond motifs is 2. The third-order valence-corrected chi connectivity index (χ3v) is 4.60. The summed E-state index contributed by atoms with van der Waals surface area (Å²) in [5.41, 5.74) is 3.21. The maximum Gasteiger partial charge on any atom is 0.0926 e. The number of likely N-dealkylation sites (tertiary alicyclic amines) is 1. The first-order valence-corrected chi connectivity index (χ1v) is 8.06. The van der Waals surface area contributed by atoms with Gasteiger partial charge in [-0.15, -0.1) is 0 Å². The second kappa shape index (κ2) is 5.54. The molecule has 1 saturated heterocycles. The standard InChI is InChI=1S/C19H20N4/c1-13(20)23-11-10-14(12-23)21-19-15-6-2-4-8-17(15)22-18-9-5-3-7-16(18)19/h2-9,14,20H,10-12H2,1H3,(H,21,22)/t14-/m1/s1. The highest BCUT2D eigenvalue weighted by Gasteiger charge is 2.23. The van der Waals surface area contributed by atoms with E-state index in [2.05, 4.69) is 46.6 Å². The molecule has 0 saturated carbocycles. The lowest BCUT2D eigenvalue weighted by Crippen LogP contribution is -2.29. The zero-order valence-electron chi connectivity index (χ0n) is 13.2. The van der Waals surface area contributed by atoms with Crippen molar-refractivity contribution >= 4 is 33.3 Å². The molecule has 4 heteroatoms. The van der Waals surface area contributed by atoms with Crippen molar-refractivity contribution in [1.29, 1.82) is 5.41 Å². The van der Waals surface area contributed by atoms with E-state index in [0.29, 0.717) is 11.9 Å². The summed E-state index contributed by atoms with van der Waals surface area (Å²) in [4.78, 5) is 6.90. The van der Waals surface area contributed by atoms with E-state index in [1.807, 2.05) is 19.1 Å². The first-order chi connectivity index (χ1) is 11.2. The van der Waals surface area contributed by atoms with Gasteiger partial charge < -0.3 is 10.2 Å². The van der Waals surface area contributed by atoms with Crippen LogP contribution >= 0.6 is 0 Å². The van der Waals surface area contributed by atoms with Crippen LogP contribution in [0.1, 0.15) is 13.3 Å². The maximum atomic E-state index is 7.81. The molecule has 0 bridgehead atoms. The molecule has 4 rings (SSSR count). The van der Waals surface area contributed by atoms with Gasteiger partial charge in [0.15, 0.2) is 0 Å². The quantitative estimate of drug-likeness (QED) is 0.429. The number of anilines is 1. The van der Waals surface area contributed by atoms with E-state index in [-0.39, 0.29) is 0 Å². The van der Waals surface area contributed by atoms with Crippen molar-refractivity contribution in [2.24, 2.45) is 0 Å². The predicted molar refractivity (Wildman–Crippen MR) is 96.3 cm³/mol. The molecule has 116 valence electrons. The Bertz CT molecular complexity index is 833. The van der Waals surface area contributed by atoms with Gasteiger partial charge in [-0.05, 0) is 25.5 Å². The maximum absolute atomic E-state index is 7.81. The number of hydrogen-bond donors (Lipinski definition) is 2. The Labute approximate surface area is 135 Å². The molecule has 3 aromatic rings. The lowest BCUT2D eigenvalue weighted by atomic mass is 10.1. The summed E-state index contributed by atoms with van der Waals surface area (Å²) in [6.07, 6.45) is 1.06. The van der Waals surface area contributed by atoms with Crippen LogP contribution in [-0.2, 0) is 0 Å². The van der Waals surface area contributed by atoms with Gasteiger partial charge in [0.05, 0.1) is 22.6 Å². The zero-order valence-corrected chi connectivity index (χ0v) is 13.2. The first kappa shape index (κ1) is 14.0. The van der Waals surface area contributed by atoms with Crippen LogP contribution in [0.3, 0.4) is 0 Å². The molecule has 1 fully saturated rings. The minimum atomic E-state index is 0.365. The van der Waals surface area contributed by atoms with Gasteiger partial charge in [-0.1, -0.05) is 36.4 Å². The molecule has 1 aliphatic heterocycles. The molecule has 0 radical (unpaired) electrons. The van der Waals surface area contributed by atoms with Crippen LogP contribution in [0, 0.1) is 5.41 Å². The fourth-order valence-corrected chi connectivity index (χ4v) is 3.38. The van der Waals surface area contributed by atoms with Crippen molar-refractivity contribution in [2.75, 3.05) is 18.4 Å². The highest BCUT2D eigenvalue weighted by molar-refractivity contribution is 6.07. The largest absolute Gasteiger partial charge is 0.379 e. The number of hydrogen-bond acceptors (Lipinski definition) is 3. The molecule has 2 N–H and O–H groups in total. The molecular weight excluding hydrogens is 284 g/mol. The molecule has 2 heterocycles. The van der Waals surface area contributed by atoms with Gasteiger partial charge in [0.25, 0.3) is 0 Å². The van der Waals surface area contributed by atoms with E-state index in [4.69, 9.17) is 10.4 Å². The molecule has 0 unspecified atom stereocenters. The second-order valence-corrected chi connectivity index (χ2v) is 6.18. The van der Waals surface area contributed by atoms with Crippen LogP contribution in [-0.4, -0.2) is 34.9 Å². The van der Waals surface area contributed by atoms with Crippen molar-refractivity contribution in [3.05, 3.63) is 48.5 Å². The summed E-state index contributed by atoms with van der Waals surface area (Å²) in [7, 11) is 0. The Balaban J connectivity index is 1.79. The van der Waals surface area contributed by atoms with E-state index in [0.717, 1.165) is 41.3 Å². The van der Waals surface area contributed by atoms with Gasteiger partial charge in [-0.25, -0.2) is 4.98 Å². The Morgan fingerprint density at radius 3 is 2.26 bits per heavy atom. The van der Waals surface area contributed by atoms with E-state index in [9.17, 15) is 0 Å². The molecule has 1 aliphatic rings. The van der Waals surface area contributed by atoms with E-state index in [1.165, 1.54) is 5.69 Å². The summed E-state index contributed by atoms with van der Waals surface area (Å²) in [5, 5.41) is 13.9. The zero-order chi connectivity index (χ0) is 15.8. The summed E-state index contributed by atoms with van der Waals surface area (Å²) in [5.74, 6) is 0.652. The number of rotatable bonds is 2. The molecular formula is C19H20N4. The van der Waals surface area contributed by atoms with Crippen LogP contribution in [0.15, 0.2) is 48.5 Å². The first-order valence-electron chi connectivity index (χ1n) is 8.06. The summed E-state index contributed by atoms with van der Waals surface area (Å²) >= 11 is 0. The average molecular weight is 304 g/mol. The number of nitrogens with one attached hydrogen (secondary N) is 2. The van der Waals surface area contributed by atoms with Crippen molar-refractivity contribution < 1.29 is 0 Å². The molecule has 1 aromatic heterocycles. The van der Waals surface area contributed by atoms with Gasteiger partial charge in [0, 0.05) is 29.9 Å². The van der Waals surface area contributed by atoms with Gasteiger partial charge in [0.2, 0.25) is 0 Å². The predicted octanol–water partition coefficient (Wildman–Crippen LogP) is 3.87. The topological polar surface area (TPSA) is 52.0 Å². The highest BCUT2D eigenvalue weighted by Crippen LogP contribution is 2.32. The number of benzene rings is 2. The molecule has 1 atom stereocenters. The summed E-state index contributed by atoms with van der Waals surface area (Å²) in [6.45, 7) is 3.70. The Hall–Kier alpha value is -2.62. The molecule has 2 aromatic carbocycles. The monoisotopic (exact) mass is 304 g/mol. The smallest absolute Gasteiger partial charge is 0.0926 e. The Kier molecular flexibility index (Phi) is 3.37. The lowest BCUT2D eigenvalue weighted by molar-refractivity contribution is 0.507. The number of para-hydroxylation sites is 2. The van der Waals surface area contributed by atoms with Crippen LogP contribution in [0.4, 0.5) is 5.69 Å². The number of aromatic nitrogens is 1. The normalized spacial score (nSPS) is 17.8. The van der Waals surface area contributed by atoms with Crippen LogP contribution in [0.25, 0.3) is 21.8 Å². The van der Waals surface area contributed by atoms with E-state index >= 15 is 0 Å². The minimum Gasteiger partial charge on any atom is -0.379 e.